The first-order valence-corrected chi connectivity index (χ1v) is 7.02. The van der Waals surface area contributed by atoms with Gasteiger partial charge in [-0.05, 0) is 31.4 Å². The number of benzene rings is 1. The van der Waals surface area contributed by atoms with E-state index in [2.05, 4.69) is 6.92 Å². The van der Waals surface area contributed by atoms with Crippen LogP contribution in [0.15, 0.2) is 21.3 Å². The number of phenolic OH excluding ortho intramolecular Hbond substituents is 2. The van der Waals surface area contributed by atoms with Crippen molar-refractivity contribution in [2.24, 2.45) is 0 Å². The molecule has 2 aromatic rings. The molecule has 0 spiro atoms. The van der Waals surface area contributed by atoms with Gasteiger partial charge in [0.15, 0.2) is 11.5 Å². The van der Waals surface area contributed by atoms with E-state index in [1.165, 1.54) is 12.1 Å². The van der Waals surface area contributed by atoms with E-state index < -0.39 is 0 Å². The molecular formula is C16H20O4. The number of hydrogen-bond acceptors (Lipinski definition) is 4. The van der Waals surface area contributed by atoms with Crippen LogP contribution in [0.1, 0.15) is 43.7 Å². The Morgan fingerprint density at radius 1 is 1.10 bits per heavy atom. The Morgan fingerprint density at radius 2 is 1.80 bits per heavy atom. The van der Waals surface area contributed by atoms with Gasteiger partial charge in [0, 0.05) is 17.0 Å². The molecule has 2 N–H and O–H groups in total. The smallest absolute Gasteiger partial charge is 0.339 e. The number of hydrogen-bond donors (Lipinski definition) is 2. The molecule has 0 fully saturated rings. The lowest BCUT2D eigenvalue weighted by molar-refractivity contribution is 0.403. The average Bonchev–Trinajstić information content (AvgIpc) is 2.40. The molecule has 0 saturated heterocycles. The van der Waals surface area contributed by atoms with E-state index in [4.69, 9.17) is 4.42 Å². The molecule has 0 unspecified atom stereocenters. The third-order valence-corrected chi connectivity index (χ3v) is 3.66. The zero-order valence-corrected chi connectivity index (χ0v) is 11.9. The van der Waals surface area contributed by atoms with Crippen LogP contribution in [0.25, 0.3) is 11.0 Å². The summed E-state index contributed by atoms with van der Waals surface area (Å²) in [6, 6.07) is 2.72. The molecule has 0 saturated carbocycles. The lowest BCUT2D eigenvalue weighted by atomic mass is 10.0. The lowest BCUT2D eigenvalue weighted by Crippen LogP contribution is -2.10. The van der Waals surface area contributed by atoms with Crippen molar-refractivity contribution in [1.29, 1.82) is 0 Å². The van der Waals surface area contributed by atoms with E-state index in [1.54, 1.807) is 0 Å². The molecule has 0 aliphatic rings. The minimum atomic E-state index is -0.350. The first-order chi connectivity index (χ1) is 9.54. The second kappa shape index (κ2) is 5.99. The van der Waals surface area contributed by atoms with Gasteiger partial charge in [0.25, 0.3) is 0 Å². The van der Waals surface area contributed by atoms with Crippen molar-refractivity contribution in [2.75, 3.05) is 0 Å². The van der Waals surface area contributed by atoms with E-state index in [0.29, 0.717) is 23.0 Å². The summed E-state index contributed by atoms with van der Waals surface area (Å²) in [6.45, 7) is 4.00. The molecule has 0 aliphatic heterocycles. The number of fused-ring (bicyclic) bond motifs is 1. The van der Waals surface area contributed by atoms with Crippen molar-refractivity contribution in [3.8, 4) is 11.5 Å². The van der Waals surface area contributed by atoms with Gasteiger partial charge in [0.1, 0.15) is 5.58 Å². The van der Waals surface area contributed by atoms with Crippen LogP contribution >= 0.6 is 0 Å². The fourth-order valence-corrected chi connectivity index (χ4v) is 2.43. The maximum atomic E-state index is 12.0. The zero-order chi connectivity index (χ0) is 14.7. The Kier molecular flexibility index (Phi) is 4.32. The molecule has 1 heterocycles. The van der Waals surface area contributed by atoms with E-state index in [1.807, 2.05) is 6.92 Å². The monoisotopic (exact) mass is 276 g/mol. The maximum Gasteiger partial charge on any atom is 0.339 e. The highest BCUT2D eigenvalue weighted by Crippen LogP contribution is 2.32. The third kappa shape index (κ3) is 2.79. The number of rotatable bonds is 5. The van der Waals surface area contributed by atoms with Gasteiger partial charge in [-0.25, -0.2) is 4.79 Å². The molecule has 4 heteroatoms. The summed E-state index contributed by atoms with van der Waals surface area (Å²) in [4.78, 5) is 12.0. The summed E-state index contributed by atoms with van der Waals surface area (Å²) < 4.78 is 5.24. The number of aryl methyl sites for hydroxylation is 1. The molecule has 0 bridgehead atoms. The minimum Gasteiger partial charge on any atom is -0.504 e. The standard InChI is InChI=1S/C16H20O4/c1-3-4-5-6-7-11-10(2)12-8-13(17)14(18)9-15(12)20-16(11)19/h8-9,17-18H,3-7H2,1-2H3. The van der Waals surface area contributed by atoms with Crippen LogP contribution in [0.2, 0.25) is 0 Å². The van der Waals surface area contributed by atoms with Crippen LogP contribution in [0.4, 0.5) is 0 Å². The molecule has 0 aliphatic carbocycles. The van der Waals surface area contributed by atoms with Gasteiger partial charge in [-0.2, -0.15) is 0 Å². The maximum absolute atomic E-state index is 12.0. The lowest BCUT2D eigenvalue weighted by Gasteiger charge is -2.08. The fourth-order valence-electron chi connectivity index (χ4n) is 2.43. The van der Waals surface area contributed by atoms with E-state index in [0.717, 1.165) is 31.2 Å². The largest absolute Gasteiger partial charge is 0.504 e. The Morgan fingerprint density at radius 3 is 2.50 bits per heavy atom. The predicted molar refractivity (Wildman–Crippen MR) is 78.4 cm³/mol. The topological polar surface area (TPSA) is 70.7 Å². The molecule has 1 aromatic heterocycles. The minimum absolute atomic E-state index is 0.202. The Bertz CT molecular complexity index is 670. The van der Waals surface area contributed by atoms with Crippen molar-refractivity contribution in [3.63, 3.8) is 0 Å². The number of aromatic hydroxyl groups is 2. The van der Waals surface area contributed by atoms with E-state index >= 15 is 0 Å². The van der Waals surface area contributed by atoms with Gasteiger partial charge in [0.2, 0.25) is 0 Å². The quantitative estimate of drug-likeness (QED) is 0.497. The fraction of sp³-hybridized carbons (Fsp3) is 0.438. The summed E-state index contributed by atoms with van der Waals surface area (Å²) in [5.74, 6) is -0.484. The van der Waals surface area contributed by atoms with Crippen molar-refractivity contribution in [1.82, 2.24) is 0 Å². The summed E-state index contributed by atoms with van der Waals surface area (Å²) in [5.41, 5.74) is 1.44. The normalized spacial score (nSPS) is 11.1. The summed E-state index contributed by atoms with van der Waals surface area (Å²) >= 11 is 0. The highest BCUT2D eigenvalue weighted by molar-refractivity contribution is 5.84. The van der Waals surface area contributed by atoms with Crippen LogP contribution in [-0.4, -0.2) is 10.2 Å². The van der Waals surface area contributed by atoms with Crippen LogP contribution in [0.3, 0.4) is 0 Å². The molecule has 0 amide bonds. The van der Waals surface area contributed by atoms with Gasteiger partial charge >= 0.3 is 5.63 Å². The van der Waals surface area contributed by atoms with Crippen molar-refractivity contribution in [3.05, 3.63) is 33.7 Å². The Labute approximate surface area is 117 Å². The SMILES string of the molecule is CCCCCCc1c(C)c2cc(O)c(O)cc2oc1=O. The van der Waals surface area contributed by atoms with Gasteiger partial charge in [-0.3, -0.25) is 0 Å². The zero-order valence-electron chi connectivity index (χ0n) is 11.9. The van der Waals surface area contributed by atoms with E-state index in [-0.39, 0.29) is 17.1 Å². The second-order valence-electron chi connectivity index (χ2n) is 5.14. The van der Waals surface area contributed by atoms with Crippen molar-refractivity contribution in [2.45, 2.75) is 46.0 Å². The molecule has 0 radical (unpaired) electrons. The van der Waals surface area contributed by atoms with Crippen LogP contribution in [-0.2, 0) is 6.42 Å². The molecule has 108 valence electrons. The molecule has 2 rings (SSSR count). The van der Waals surface area contributed by atoms with Gasteiger partial charge in [0.05, 0.1) is 0 Å². The van der Waals surface area contributed by atoms with Gasteiger partial charge in [-0.1, -0.05) is 26.2 Å². The van der Waals surface area contributed by atoms with Crippen molar-refractivity contribution >= 4 is 11.0 Å². The summed E-state index contributed by atoms with van der Waals surface area (Å²) in [6.07, 6.45) is 5.04. The van der Waals surface area contributed by atoms with Crippen molar-refractivity contribution < 1.29 is 14.6 Å². The Hall–Kier alpha value is -1.97. The first-order valence-electron chi connectivity index (χ1n) is 7.02. The van der Waals surface area contributed by atoms with Gasteiger partial charge < -0.3 is 14.6 Å². The molecular weight excluding hydrogens is 256 g/mol. The summed E-state index contributed by atoms with van der Waals surface area (Å²) in [5, 5.41) is 19.7. The first kappa shape index (κ1) is 14.4. The van der Waals surface area contributed by atoms with Crippen LogP contribution in [0.5, 0.6) is 11.5 Å². The predicted octanol–water partition coefficient (Wildman–Crippen LogP) is 3.64. The molecule has 4 nitrogen and oxygen atoms in total. The highest BCUT2D eigenvalue weighted by atomic mass is 16.4. The number of unbranched alkanes of at least 4 members (excludes halogenated alkanes) is 3. The molecule has 1 aromatic carbocycles. The summed E-state index contributed by atoms with van der Waals surface area (Å²) in [7, 11) is 0. The Balaban J connectivity index is 2.40. The third-order valence-electron chi connectivity index (χ3n) is 3.66. The van der Waals surface area contributed by atoms with Crippen LogP contribution < -0.4 is 5.63 Å². The van der Waals surface area contributed by atoms with Gasteiger partial charge in [-0.15, -0.1) is 0 Å². The second-order valence-corrected chi connectivity index (χ2v) is 5.14. The highest BCUT2D eigenvalue weighted by Gasteiger charge is 2.13. The van der Waals surface area contributed by atoms with Crippen LogP contribution in [0, 0.1) is 6.92 Å². The molecule has 20 heavy (non-hydrogen) atoms. The van der Waals surface area contributed by atoms with E-state index in [9.17, 15) is 15.0 Å². The average molecular weight is 276 g/mol. The number of phenols is 2. The molecule has 0 atom stereocenters.